The summed E-state index contributed by atoms with van der Waals surface area (Å²) in [5.74, 6) is 0. The first-order valence-corrected chi connectivity index (χ1v) is 7.50. The summed E-state index contributed by atoms with van der Waals surface area (Å²) < 4.78 is 0. The van der Waals surface area contributed by atoms with Crippen molar-refractivity contribution in [2.75, 3.05) is 38.5 Å². The van der Waals surface area contributed by atoms with Crippen molar-refractivity contribution < 1.29 is 0 Å². The second-order valence-corrected chi connectivity index (χ2v) is 6.10. The third-order valence-electron chi connectivity index (χ3n) is 4.46. The van der Waals surface area contributed by atoms with Gasteiger partial charge in [0.2, 0.25) is 0 Å². The van der Waals surface area contributed by atoms with E-state index in [1.807, 2.05) is 0 Å². The lowest BCUT2D eigenvalue weighted by atomic mass is 10.00. The van der Waals surface area contributed by atoms with Crippen molar-refractivity contribution in [3.05, 3.63) is 29.3 Å². The van der Waals surface area contributed by atoms with Crippen LogP contribution in [0, 0.1) is 0 Å². The predicted octanol–water partition coefficient (Wildman–Crippen LogP) is 2.18. The molecule has 0 aliphatic carbocycles. The second-order valence-electron chi connectivity index (χ2n) is 6.10. The second kappa shape index (κ2) is 5.51. The Kier molecular flexibility index (Phi) is 3.76. The van der Waals surface area contributed by atoms with E-state index < -0.39 is 0 Å². The van der Waals surface area contributed by atoms with Gasteiger partial charge >= 0.3 is 0 Å². The fourth-order valence-electron chi connectivity index (χ4n) is 3.27. The van der Waals surface area contributed by atoms with Crippen LogP contribution in [0.2, 0.25) is 0 Å². The molecule has 1 N–H and O–H groups in total. The number of hydrogen-bond acceptors (Lipinski definition) is 3. The number of rotatable bonds is 2. The average molecular weight is 259 g/mol. The SMILES string of the molecule is CC1CN(C)CCN1Cc1ccc2c(c1)CCCN2. The van der Waals surface area contributed by atoms with Crippen molar-refractivity contribution in [3.63, 3.8) is 0 Å². The maximum atomic E-state index is 3.49. The van der Waals surface area contributed by atoms with Gasteiger partial charge in [0.15, 0.2) is 0 Å². The van der Waals surface area contributed by atoms with Gasteiger partial charge in [0.05, 0.1) is 0 Å². The van der Waals surface area contributed by atoms with Crippen LogP contribution in [0.3, 0.4) is 0 Å². The Morgan fingerprint density at radius 3 is 3.05 bits per heavy atom. The highest BCUT2D eigenvalue weighted by Crippen LogP contribution is 2.24. The van der Waals surface area contributed by atoms with E-state index in [1.165, 1.54) is 49.3 Å². The highest BCUT2D eigenvalue weighted by atomic mass is 15.3. The number of nitrogens with one attached hydrogen (secondary N) is 1. The molecule has 104 valence electrons. The minimum absolute atomic E-state index is 0.660. The fourth-order valence-corrected chi connectivity index (χ4v) is 3.27. The first-order chi connectivity index (χ1) is 9.22. The van der Waals surface area contributed by atoms with Crippen molar-refractivity contribution in [3.8, 4) is 0 Å². The molecular weight excluding hydrogens is 234 g/mol. The van der Waals surface area contributed by atoms with E-state index in [0.29, 0.717) is 6.04 Å². The van der Waals surface area contributed by atoms with E-state index in [9.17, 15) is 0 Å². The van der Waals surface area contributed by atoms with Crippen molar-refractivity contribution in [2.45, 2.75) is 32.4 Å². The maximum Gasteiger partial charge on any atom is 0.0372 e. The summed E-state index contributed by atoms with van der Waals surface area (Å²) in [6.07, 6.45) is 2.50. The third-order valence-corrected chi connectivity index (χ3v) is 4.46. The lowest BCUT2D eigenvalue weighted by molar-refractivity contribution is 0.0938. The number of nitrogens with zero attached hydrogens (tertiary/aromatic N) is 2. The summed E-state index contributed by atoms with van der Waals surface area (Å²) in [5, 5.41) is 3.49. The number of hydrogen-bond donors (Lipinski definition) is 1. The molecule has 3 nitrogen and oxygen atoms in total. The van der Waals surface area contributed by atoms with Crippen LogP contribution in [0.1, 0.15) is 24.5 Å². The van der Waals surface area contributed by atoms with Gasteiger partial charge in [0.25, 0.3) is 0 Å². The lowest BCUT2D eigenvalue weighted by Gasteiger charge is -2.38. The van der Waals surface area contributed by atoms with Crippen molar-refractivity contribution in [1.82, 2.24) is 9.80 Å². The van der Waals surface area contributed by atoms with Crippen LogP contribution in [0.5, 0.6) is 0 Å². The molecule has 3 rings (SSSR count). The zero-order valence-electron chi connectivity index (χ0n) is 12.2. The molecule has 1 unspecified atom stereocenters. The van der Waals surface area contributed by atoms with Crippen LogP contribution in [-0.2, 0) is 13.0 Å². The van der Waals surface area contributed by atoms with Gasteiger partial charge in [-0.1, -0.05) is 12.1 Å². The molecule has 1 atom stereocenters. The van der Waals surface area contributed by atoms with E-state index in [2.05, 4.69) is 47.3 Å². The van der Waals surface area contributed by atoms with Gasteiger partial charge in [0, 0.05) is 44.5 Å². The van der Waals surface area contributed by atoms with E-state index in [-0.39, 0.29) is 0 Å². The molecule has 19 heavy (non-hydrogen) atoms. The van der Waals surface area contributed by atoms with Gasteiger partial charge in [0.1, 0.15) is 0 Å². The molecule has 2 heterocycles. The molecule has 0 spiro atoms. The van der Waals surface area contributed by atoms with Gasteiger partial charge in [-0.2, -0.15) is 0 Å². The number of benzene rings is 1. The topological polar surface area (TPSA) is 18.5 Å². The number of likely N-dealkylation sites (N-methyl/N-ethyl adjacent to an activating group) is 1. The highest BCUT2D eigenvalue weighted by Gasteiger charge is 2.21. The Morgan fingerprint density at radius 2 is 2.21 bits per heavy atom. The van der Waals surface area contributed by atoms with E-state index in [4.69, 9.17) is 0 Å². The van der Waals surface area contributed by atoms with Crippen LogP contribution < -0.4 is 5.32 Å². The molecule has 0 bridgehead atoms. The number of fused-ring (bicyclic) bond motifs is 1. The quantitative estimate of drug-likeness (QED) is 0.878. The fraction of sp³-hybridized carbons (Fsp3) is 0.625. The average Bonchev–Trinajstić information content (AvgIpc) is 2.42. The van der Waals surface area contributed by atoms with Crippen molar-refractivity contribution >= 4 is 5.69 Å². The molecule has 1 fully saturated rings. The highest BCUT2D eigenvalue weighted by molar-refractivity contribution is 5.54. The van der Waals surface area contributed by atoms with Crippen LogP contribution in [-0.4, -0.2) is 49.1 Å². The Hall–Kier alpha value is -1.06. The Balaban J connectivity index is 1.69. The lowest BCUT2D eigenvalue weighted by Crippen LogP contribution is -2.49. The van der Waals surface area contributed by atoms with E-state index in [1.54, 1.807) is 0 Å². The molecule has 1 aromatic rings. The summed E-state index contributed by atoms with van der Waals surface area (Å²) in [7, 11) is 2.22. The van der Waals surface area contributed by atoms with Gasteiger partial charge in [-0.25, -0.2) is 0 Å². The van der Waals surface area contributed by atoms with E-state index >= 15 is 0 Å². The first-order valence-electron chi connectivity index (χ1n) is 7.50. The predicted molar refractivity (Wildman–Crippen MR) is 80.6 cm³/mol. The first kappa shape index (κ1) is 12.9. The van der Waals surface area contributed by atoms with Crippen LogP contribution in [0.15, 0.2) is 18.2 Å². The summed E-state index contributed by atoms with van der Waals surface area (Å²) in [6, 6.07) is 7.63. The van der Waals surface area contributed by atoms with Crippen LogP contribution in [0.25, 0.3) is 0 Å². The molecule has 2 aliphatic rings. The molecule has 1 saturated heterocycles. The molecular formula is C16H25N3. The number of piperazine rings is 1. The largest absolute Gasteiger partial charge is 0.385 e. The molecule has 0 amide bonds. The van der Waals surface area contributed by atoms with Crippen molar-refractivity contribution in [2.24, 2.45) is 0 Å². The third kappa shape index (κ3) is 2.93. The van der Waals surface area contributed by atoms with Crippen LogP contribution >= 0.6 is 0 Å². The molecule has 1 aromatic carbocycles. The summed E-state index contributed by atoms with van der Waals surface area (Å²) in [4.78, 5) is 5.04. The van der Waals surface area contributed by atoms with Crippen molar-refractivity contribution in [1.29, 1.82) is 0 Å². The molecule has 2 aliphatic heterocycles. The van der Waals surface area contributed by atoms with Gasteiger partial charge in [-0.3, -0.25) is 4.90 Å². The molecule has 0 saturated carbocycles. The summed E-state index contributed by atoms with van der Waals surface area (Å²) >= 11 is 0. The Bertz CT molecular complexity index is 444. The monoisotopic (exact) mass is 259 g/mol. The van der Waals surface area contributed by atoms with Gasteiger partial charge < -0.3 is 10.2 Å². The maximum absolute atomic E-state index is 3.49. The van der Waals surface area contributed by atoms with Crippen LogP contribution in [0.4, 0.5) is 5.69 Å². The van der Waals surface area contributed by atoms with Gasteiger partial charge in [-0.05, 0) is 44.0 Å². The molecule has 0 aromatic heterocycles. The standard InChI is InChI=1S/C16H25N3/c1-13-11-18(2)8-9-19(13)12-14-5-6-16-15(10-14)4-3-7-17-16/h5-6,10,13,17H,3-4,7-9,11-12H2,1-2H3. The Morgan fingerprint density at radius 1 is 1.32 bits per heavy atom. The summed E-state index contributed by atoms with van der Waals surface area (Å²) in [6.45, 7) is 8.14. The normalized spacial score (nSPS) is 24.8. The zero-order chi connectivity index (χ0) is 13.2. The summed E-state index contributed by atoms with van der Waals surface area (Å²) in [5.41, 5.74) is 4.32. The zero-order valence-corrected chi connectivity index (χ0v) is 12.2. The minimum atomic E-state index is 0.660. The van der Waals surface area contributed by atoms with E-state index in [0.717, 1.165) is 13.1 Å². The Labute approximate surface area is 116 Å². The number of aryl methyl sites for hydroxylation is 1. The smallest absolute Gasteiger partial charge is 0.0372 e. The molecule has 0 radical (unpaired) electrons. The molecule has 3 heteroatoms. The number of anilines is 1. The van der Waals surface area contributed by atoms with Gasteiger partial charge in [-0.15, -0.1) is 0 Å². The minimum Gasteiger partial charge on any atom is -0.385 e.